The number of hydrogen-bond donors (Lipinski definition) is 0. The molecule has 0 fully saturated rings. The van der Waals surface area contributed by atoms with Crippen molar-refractivity contribution < 1.29 is 0 Å². The SMILES string of the molecule is CCCCCCCCC1CC=CCCC=CCC(CCCCCCCC)N=N1. The van der Waals surface area contributed by atoms with Crippen LogP contribution in [0.25, 0.3) is 0 Å². The van der Waals surface area contributed by atoms with Crippen molar-refractivity contribution in [1.82, 2.24) is 0 Å². The predicted octanol–water partition coefficient (Wildman–Crippen LogP) is 9.36. The molecule has 1 aliphatic rings. The van der Waals surface area contributed by atoms with E-state index >= 15 is 0 Å². The number of unbranched alkanes of at least 4 members (excludes halogenated alkanes) is 10. The largest absolute Gasteiger partial charge is 0.190 e. The molecule has 0 aromatic rings. The predicted molar refractivity (Wildman–Crippen MR) is 125 cm³/mol. The van der Waals surface area contributed by atoms with E-state index in [1.165, 1.54) is 103 Å². The topological polar surface area (TPSA) is 24.7 Å². The summed E-state index contributed by atoms with van der Waals surface area (Å²) in [4.78, 5) is 0. The van der Waals surface area contributed by atoms with Crippen LogP contribution in [0.4, 0.5) is 0 Å². The third-order valence-corrected chi connectivity index (χ3v) is 5.82. The average molecular weight is 389 g/mol. The highest BCUT2D eigenvalue weighted by molar-refractivity contribution is 4.92. The van der Waals surface area contributed by atoms with Crippen LogP contribution in [0.15, 0.2) is 34.5 Å². The van der Waals surface area contributed by atoms with Gasteiger partial charge >= 0.3 is 0 Å². The molecule has 2 heteroatoms. The molecule has 0 aromatic heterocycles. The smallest absolute Gasteiger partial charge is 0.0742 e. The van der Waals surface area contributed by atoms with Crippen molar-refractivity contribution in [2.75, 3.05) is 0 Å². The molecule has 0 amide bonds. The van der Waals surface area contributed by atoms with Gasteiger partial charge in [-0.1, -0.05) is 115 Å². The molecule has 0 N–H and O–H groups in total. The first-order valence-electron chi connectivity index (χ1n) is 12.6. The Bertz CT molecular complexity index is 373. The van der Waals surface area contributed by atoms with Gasteiger partial charge < -0.3 is 0 Å². The summed E-state index contributed by atoms with van der Waals surface area (Å²) >= 11 is 0. The van der Waals surface area contributed by atoms with Crippen LogP contribution < -0.4 is 0 Å². The average Bonchev–Trinajstić information content (AvgIpc) is 2.70. The van der Waals surface area contributed by atoms with Crippen LogP contribution >= 0.6 is 0 Å². The van der Waals surface area contributed by atoms with Crippen molar-refractivity contribution >= 4 is 0 Å². The zero-order valence-electron chi connectivity index (χ0n) is 19.1. The third-order valence-electron chi connectivity index (χ3n) is 5.82. The second kappa shape index (κ2) is 19.4. The maximum atomic E-state index is 4.84. The molecule has 2 atom stereocenters. The van der Waals surface area contributed by atoms with Crippen LogP contribution in [0.3, 0.4) is 0 Å². The Labute approximate surface area is 176 Å². The van der Waals surface area contributed by atoms with Crippen molar-refractivity contribution in [3.63, 3.8) is 0 Å². The molecule has 0 bridgehead atoms. The fraction of sp³-hybridized carbons (Fsp3) is 0.846. The fourth-order valence-electron chi connectivity index (χ4n) is 3.89. The lowest BCUT2D eigenvalue weighted by atomic mass is 10.0. The van der Waals surface area contributed by atoms with Gasteiger partial charge in [-0.2, -0.15) is 10.2 Å². The van der Waals surface area contributed by atoms with Crippen molar-refractivity contribution in [3.05, 3.63) is 24.3 Å². The van der Waals surface area contributed by atoms with Crippen molar-refractivity contribution in [1.29, 1.82) is 0 Å². The molecule has 0 aliphatic carbocycles. The van der Waals surface area contributed by atoms with Gasteiger partial charge in [0.15, 0.2) is 0 Å². The molecule has 2 nitrogen and oxygen atoms in total. The lowest BCUT2D eigenvalue weighted by Gasteiger charge is -2.13. The minimum atomic E-state index is 0.401. The summed E-state index contributed by atoms with van der Waals surface area (Å²) in [6.07, 6.45) is 32.6. The van der Waals surface area contributed by atoms with E-state index < -0.39 is 0 Å². The summed E-state index contributed by atoms with van der Waals surface area (Å²) in [5.74, 6) is 0. The summed E-state index contributed by atoms with van der Waals surface area (Å²) in [5, 5.41) is 9.68. The molecule has 2 unspecified atom stereocenters. The second-order valence-corrected chi connectivity index (χ2v) is 8.64. The van der Waals surface area contributed by atoms with Crippen LogP contribution in [0.5, 0.6) is 0 Å². The van der Waals surface area contributed by atoms with Gasteiger partial charge in [-0.05, 0) is 38.5 Å². The molecule has 0 saturated carbocycles. The van der Waals surface area contributed by atoms with E-state index in [1.54, 1.807) is 0 Å². The summed E-state index contributed by atoms with van der Waals surface area (Å²) < 4.78 is 0. The lowest BCUT2D eigenvalue weighted by molar-refractivity contribution is 0.483. The first-order valence-corrected chi connectivity index (χ1v) is 12.6. The van der Waals surface area contributed by atoms with E-state index in [4.69, 9.17) is 10.2 Å². The lowest BCUT2D eigenvalue weighted by Crippen LogP contribution is -2.07. The molecule has 28 heavy (non-hydrogen) atoms. The maximum Gasteiger partial charge on any atom is 0.0742 e. The Balaban J connectivity index is 2.43. The van der Waals surface area contributed by atoms with E-state index in [2.05, 4.69) is 38.2 Å². The van der Waals surface area contributed by atoms with Crippen molar-refractivity contribution in [3.8, 4) is 0 Å². The highest BCUT2D eigenvalue weighted by Crippen LogP contribution is 2.18. The highest BCUT2D eigenvalue weighted by Gasteiger charge is 2.09. The van der Waals surface area contributed by atoms with Gasteiger partial charge in [-0.15, -0.1) is 0 Å². The molecular weight excluding hydrogens is 340 g/mol. The normalized spacial score (nSPS) is 20.8. The Morgan fingerprint density at radius 3 is 1.36 bits per heavy atom. The summed E-state index contributed by atoms with van der Waals surface area (Å²) in [5.41, 5.74) is 0. The Morgan fingerprint density at radius 2 is 0.929 bits per heavy atom. The zero-order valence-corrected chi connectivity index (χ0v) is 19.1. The zero-order chi connectivity index (χ0) is 20.1. The third kappa shape index (κ3) is 15.1. The van der Waals surface area contributed by atoms with Crippen LogP contribution in [0, 0.1) is 0 Å². The van der Waals surface area contributed by atoms with E-state index in [9.17, 15) is 0 Å². The van der Waals surface area contributed by atoms with Gasteiger partial charge in [-0.25, -0.2) is 0 Å². The Kier molecular flexibility index (Phi) is 17.4. The minimum absolute atomic E-state index is 0.401. The molecule has 162 valence electrons. The summed E-state index contributed by atoms with van der Waals surface area (Å²) in [7, 11) is 0. The van der Waals surface area contributed by atoms with Gasteiger partial charge in [-0.3, -0.25) is 0 Å². The molecule has 1 aliphatic heterocycles. The van der Waals surface area contributed by atoms with E-state index in [0.29, 0.717) is 12.1 Å². The Hall–Kier alpha value is -0.920. The molecule has 1 rings (SSSR count). The van der Waals surface area contributed by atoms with Gasteiger partial charge in [0.1, 0.15) is 0 Å². The van der Waals surface area contributed by atoms with Gasteiger partial charge in [0, 0.05) is 0 Å². The van der Waals surface area contributed by atoms with E-state index in [1.807, 2.05) is 0 Å². The van der Waals surface area contributed by atoms with Crippen LogP contribution in [0.2, 0.25) is 0 Å². The summed E-state index contributed by atoms with van der Waals surface area (Å²) in [6.45, 7) is 4.57. The van der Waals surface area contributed by atoms with Gasteiger partial charge in [0.2, 0.25) is 0 Å². The quantitative estimate of drug-likeness (QED) is 0.209. The molecule has 0 aromatic carbocycles. The standard InChI is InChI=1S/C26H48N2/c1-3-5-7-9-13-17-21-25-23-19-15-11-12-16-20-24-26(28-27-25)22-18-14-10-8-6-4-2/h15-16,19-20,25-26H,3-14,17-18,21-24H2,1-2H3. The second-order valence-electron chi connectivity index (χ2n) is 8.64. The number of rotatable bonds is 14. The number of hydrogen-bond acceptors (Lipinski definition) is 2. The number of nitrogens with zero attached hydrogens (tertiary/aromatic N) is 2. The molecule has 0 spiro atoms. The molecule has 1 heterocycles. The molecular formula is C26H48N2. The fourth-order valence-corrected chi connectivity index (χ4v) is 3.89. The summed E-state index contributed by atoms with van der Waals surface area (Å²) in [6, 6.07) is 0.802. The van der Waals surface area contributed by atoms with Crippen LogP contribution in [0.1, 0.15) is 129 Å². The highest BCUT2D eigenvalue weighted by atomic mass is 15.1. The van der Waals surface area contributed by atoms with Gasteiger partial charge in [0.25, 0.3) is 0 Å². The van der Waals surface area contributed by atoms with Crippen LogP contribution in [-0.4, -0.2) is 12.1 Å². The number of allylic oxidation sites excluding steroid dienone is 2. The maximum absolute atomic E-state index is 4.84. The van der Waals surface area contributed by atoms with E-state index in [-0.39, 0.29) is 0 Å². The first-order chi connectivity index (χ1) is 13.9. The first kappa shape index (κ1) is 25.1. The van der Waals surface area contributed by atoms with E-state index in [0.717, 1.165) is 12.8 Å². The van der Waals surface area contributed by atoms with Crippen molar-refractivity contribution in [2.24, 2.45) is 10.2 Å². The number of azo groups is 1. The monoisotopic (exact) mass is 388 g/mol. The molecule has 0 radical (unpaired) electrons. The van der Waals surface area contributed by atoms with Crippen molar-refractivity contribution in [2.45, 2.75) is 142 Å². The molecule has 0 saturated heterocycles. The van der Waals surface area contributed by atoms with Gasteiger partial charge in [0.05, 0.1) is 12.1 Å². The Morgan fingerprint density at radius 1 is 0.536 bits per heavy atom. The minimum Gasteiger partial charge on any atom is -0.190 e. The van der Waals surface area contributed by atoms with Crippen LogP contribution in [-0.2, 0) is 0 Å².